The lowest BCUT2D eigenvalue weighted by Crippen LogP contribution is -2.26. The first-order valence-electron chi connectivity index (χ1n) is 4.44. The molecule has 1 heterocycles. The number of urea groups is 2. The van der Waals surface area contributed by atoms with Gasteiger partial charge >= 0.3 is 12.1 Å². The van der Waals surface area contributed by atoms with Crippen molar-refractivity contribution in [3.05, 3.63) is 10.8 Å². The van der Waals surface area contributed by atoms with Crippen LogP contribution in [0.15, 0.2) is 31.3 Å². The molecule has 0 aliphatic carbocycles. The summed E-state index contributed by atoms with van der Waals surface area (Å²) in [5.41, 5.74) is 3.50. The Balaban J connectivity index is 2.94. The van der Waals surface area contributed by atoms with Crippen molar-refractivity contribution in [2.24, 2.45) is 32.1 Å². The highest BCUT2D eigenvalue weighted by molar-refractivity contribution is 9.10. The molecule has 100 valence electrons. The molecule has 0 aliphatic heterocycles. The summed E-state index contributed by atoms with van der Waals surface area (Å²) in [5.74, 6) is 9.63. The van der Waals surface area contributed by atoms with Gasteiger partial charge in [0.1, 0.15) is 0 Å². The van der Waals surface area contributed by atoms with Crippen LogP contribution in [-0.2, 0) is 0 Å². The fraction of sp³-hybridized carbons (Fsp3) is 0. The van der Waals surface area contributed by atoms with E-state index in [0.717, 1.165) is 0 Å². The standard InChI is InChI=1S/C6H7BrN10O2/c7-4-10-2(14-16-5(18)12-8)1-3(11-4)15-17-6(19)13-9/h1H,8-9H2,(H,12,18)(H,13,19). The zero-order valence-corrected chi connectivity index (χ0v) is 10.7. The van der Waals surface area contributed by atoms with Gasteiger partial charge < -0.3 is 0 Å². The van der Waals surface area contributed by atoms with Crippen molar-refractivity contribution < 1.29 is 9.59 Å². The molecule has 0 unspecified atom stereocenters. The number of rotatable bonds is 2. The second-order valence-electron chi connectivity index (χ2n) is 2.65. The molecular weight excluding hydrogens is 324 g/mol. The van der Waals surface area contributed by atoms with Gasteiger partial charge in [0.2, 0.25) is 4.73 Å². The Morgan fingerprint density at radius 2 is 1.47 bits per heavy atom. The minimum absolute atomic E-state index is 0.00702. The minimum atomic E-state index is -0.861. The molecule has 0 atom stereocenters. The second-order valence-corrected chi connectivity index (χ2v) is 3.36. The minimum Gasteiger partial charge on any atom is -0.273 e. The maximum absolute atomic E-state index is 10.7. The second kappa shape index (κ2) is 7.14. The van der Waals surface area contributed by atoms with Gasteiger partial charge in [0.25, 0.3) is 0 Å². The Bertz CT molecular complexity index is 499. The summed E-state index contributed by atoms with van der Waals surface area (Å²) >= 11 is 2.99. The van der Waals surface area contributed by atoms with E-state index < -0.39 is 12.1 Å². The lowest BCUT2D eigenvalue weighted by molar-refractivity contribution is 0.247. The fourth-order valence-corrected chi connectivity index (χ4v) is 1.11. The van der Waals surface area contributed by atoms with Crippen LogP contribution in [0.3, 0.4) is 0 Å². The molecule has 12 nitrogen and oxygen atoms in total. The summed E-state index contributed by atoms with van der Waals surface area (Å²) in [4.78, 5) is 29.1. The molecular formula is C6H7BrN10O2. The molecule has 0 saturated heterocycles. The number of nitrogens with one attached hydrogen (secondary N) is 2. The summed E-state index contributed by atoms with van der Waals surface area (Å²) in [6, 6.07) is -0.494. The van der Waals surface area contributed by atoms with Gasteiger partial charge in [-0.15, -0.1) is 10.2 Å². The molecule has 4 amide bonds. The van der Waals surface area contributed by atoms with E-state index in [2.05, 4.69) is 46.4 Å². The number of aromatic nitrogens is 2. The number of amides is 4. The number of nitrogens with two attached hydrogens (primary N) is 2. The Morgan fingerprint density at radius 1 is 1.05 bits per heavy atom. The van der Waals surface area contributed by atoms with Crippen LogP contribution < -0.4 is 22.5 Å². The van der Waals surface area contributed by atoms with Crippen molar-refractivity contribution in [3.63, 3.8) is 0 Å². The Labute approximate surface area is 113 Å². The number of carbonyl (C=O) groups excluding carboxylic acids is 2. The predicted molar refractivity (Wildman–Crippen MR) is 64.2 cm³/mol. The average molecular weight is 331 g/mol. The van der Waals surface area contributed by atoms with Crippen molar-refractivity contribution in [2.45, 2.75) is 0 Å². The van der Waals surface area contributed by atoms with Crippen LogP contribution in [0.1, 0.15) is 0 Å². The third kappa shape index (κ3) is 5.19. The van der Waals surface area contributed by atoms with Gasteiger partial charge in [0, 0.05) is 6.07 Å². The maximum atomic E-state index is 10.7. The first-order valence-corrected chi connectivity index (χ1v) is 5.23. The van der Waals surface area contributed by atoms with Crippen molar-refractivity contribution in [1.82, 2.24) is 20.8 Å². The Morgan fingerprint density at radius 3 is 1.84 bits per heavy atom. The van der Waals surface area contributed by atoms with Gasteiger partial charge in [-0.2, -0.15) is 0 Å². The highest BCUT2D eigenvalue weighted by atomic mass is 79.9. The molecule has 1 rings (SSSR count). The average Bonchev–Trinajstić information content (AvgIpc) is 2.41. The number of azo groups is 2. The van der Waals surface area contributed by atoms with E-state index in [-0.39, 0.29) is 16.4 Å². The molecule has 0 saturated carbocycles. The largest absolute Gasteiger partial charge is 0.373 e. The zero-order valence-electron chi connectivity index (χ0n) is 9.11. The first kappa shape index (κ1) is 14.7. The number of halogens is 1. The summed E-state index contributed by atoms with van der Waals surface area (Å²) in [7, 11) is 0. The van der Waals surface area contributed by atoms with Crippen LogP contribution in [0, 0.1) is 0 Å². The number of carbonyl (C=O) groups is 2. The summed E-state index contributed by atoms with van der Waals surface area (Å²) in [6.45, 7) is 0. The molecule has 0 aliphatic rings. The van der Waals surface area contributed by atoms with Crippen molar-refractivity contribution in [3.8, 4) is 0 Å². The van der Waals surface area contributed by atoms with Crippen molar-refractivity contribution in [1.29, 1.82) is 0 Å². The Kier molecular flexibility index (Phi) is 5.52. The highest BCUT2D eigenvalue weighted by Gasteiger charge is 2.03. The van der Waals surface area contributed by atoms with E-state index in [1.54, 1.807) is 10.9 Å². The monoisotopic (exact) mass is 330 g/mol. The lowest BCUT2D eigenvalue weighted by Gasteiger charge is -1.95. The Hall–Kier alpha value is -2.38. The van der Waals surface area contributed by atoms with E-state index in [0.29, 0.717) is 0 Å². The maximum Gasteiger partial charge on any atom is 0.373 e. The van der Waals surface area contributed by atoms with Crippen molar-refractivity contribution in [2.75, 3.05) is 0 Å². The van der Waals surface area contributed by atoms with E-state index in [4.69, 9.17) is 11.7 Å². The summed E-state index contributed by atoms with van der Waals surface area (Å²) in [6.07, 6.45) is 0. The van der Waals surface area contributed by atoms with Crippen LogP contribution in [-0.4, -0.2) is 22.0 Å². The van der Waals surface area contributed by atoms with Crippen molar-refractivity contribution >= 4 is 39.6 Å². The van der Waals surface area contributed by atoms with Crippen LogP contribution in [0.25, 0.3) is 0 Å². The number of hydrogen-bond donors (Lipinski definition) is 4. The van der Waals surface area contributed by atoms with Gasteiger partial charge in [-0.1, -0.05) is 10.2 Å². The van der Waals surface area contributed by atoms with E-state index in [1.165, 1.54) is 6.07 Å². The van der Waals surface area contributed by atoms with Gasteiger partial charge in [-0.05, 0) is 15.9 Å². The SMILES string of the molecule is NNC(=O)N=Nc1cc(N=NC(=O)NN)nc(Br)n1. The molecule has 19 heavy (non-hydrogen) atoms. The van der Waals surface area contributed by atoms with Gasteiger partial charge in [0.05, 0.1) is 0 Å². The predicted octanol–water partition coefficient (Wildman–Crippen LogP) is 0.573. The zero-order chi connectivity index (χ0) is 14.3. The quantitative estimate of drug-likeness (QED) is 0.202. The van der Waals surface area contributed by atoms with Crippen LogP contribution >= 0.6 is 15.9 Å². The molecule has 6 N–H and O–H groups in total. The molecule has 1 aromatic rings. The van der Waals surface area contributed by atoms with E-state index in [9.17, 15) is 9.59 Å². The van der Waals surface area contributed by atoms with Crippen LogP contribution in [0.4, 0.5) is 21.2 Å². The smallest absolute Gasteiger partial charge is 0.273 e. The van der Waals surface area contributed by atoms with Gasteiger partial charge in [0.15, 0.2) is 11.6 Å². The first-order chi connectivity index (χ1) is 9.05. The van der Waals surface area contributed by atoms with Crippen LogP contribution in [0.5, 0.6) is 0 Å². The molecule has 0 aromatic carbocycles. The molecule has 0 spiro atoms. The number of hydrogen-bond acceptors (Lipinski definition) is 8. The molecule has 0 bridgehead atoms. The molecule has 13 heteroatoms. The third-order valence-electron chi connectivity index (χ3n) is 1.41. The fourth-order valence-electron chi connectivity index (χ4n) is 0.748. The number of hydrazine groups is 2. The van der Waals surface area contributed by atoms with E-state index >= 15 is 0 Å². The summed E-state index contributed by atoms with van der Waals surface area (Å²) in [5, 5.41) is 13.3. The molecule has 0 radical (unpaired) electrons. The topological polar surface area (TPSA) is 185 Å². The third-order valence-corrected chi connectivity index (χ3v) is 1.76. The van der Waals surface area contributed by atoms with E-state index in [1.807, 2.05) is 0 Å². The number of nitrogens with zero attached hydrogens (tertiary/aromatic N) is 6. The van der Waals surface area contributed by atoms with Gasteiger partial charge in [-0.25, -0.2) is 31.2 Å². The normalized spacial score (nSPS) is 10.9. The summed E-state index contributed by atoms with van der Waals surface area (Å²) < 4.78 is 0.110. The lowest BCUT2D eigenvalue weighted by atomic mass is 10.5. The molecule has 0 fully saturated rings. The van der Waals surface area contributed by atoms with Crippen LogP contribution in [0.2, 0.25) is 0 Å². The molecule has 1 aromatic heterocycles. The highest BCUT2D eigenvalue weighted by Crippen LogP contribution is 2.19. The van der Waals surface area contributed by atoms with Gasteiger partial charge in [-0.3, -0.25) is 10.9 Å².